The van der Waals surface area contributed by atoms with E-state index in [0.29, 0.717) is 19.3 Å². The van der Waals surface area contributed by atoms with E-state index in [0.717, 1.165) is 0 Å². The summed E-state index contributed by atoms with van der Waals surface area (Å²) in [6, 6.07) is -1.48. The van der Waals surface area contributed by atoms with E-state index >= 15 is 0 Å². The van der Waals surface area contributed by atoms with E-state index in [1.165, 1.54) is 4.90 Å². The quantitative estimate of drug-likeness (QED) is 0.565. The number of nitrogens with zero attached hydrogens (tertiary/aromatic N) is 1. The summed E-state index contributed by atoms with van der Waals surface area (Å²) >= 11 is 0. The minimum atomic E-state index is -1.04. The zero-order valence-corrected chi connectivity index (χ0v) is 18.3. The Morgan fingerprint density at radius 1 is 1.24 bits per heavy atom. The summed E-state index contributed by atoms with van der Waals surface area (Å²) in [5.41, 5.74) is -1.76. The molecular formula is C21H35N3O5. The zero-order valence-electron chi connectivity index (χ0n) is 18.3. The average Bonchev–Trinajstić information content (AvgIpc) is 3.25. The van der Waals surface area contributed by atoms with Crippen molar-refractivity contribution < 1.29 is 24.2 Å². The van der Waals surface area contributed by atoms with Gasteiger partial charge in [0, 0.05) is 13.1 Å². The van der Waals surface area contributed by atoms with Crippen LogP contribution in [-0.2, 0) is 19.1 Å². The molecule has 8 heteroatoms. The van der Waals surface area contributed by atoms with Crippen molar-refractivity contribution in [1.29, 1.82) is 0 Å². The van der Waals surface area contributed by atoms with E-state index in [9.17, 15) is 19.5 Å². The molecule has 29 heavy (non-hydrogen) atoms. The number of carbonyl (C=O) groups is 3. The fourth-order valence-corrected chi connectivity index (χ4v) is 5.85. The topological polar surface area (TPSA) is 108 Å². The van der Waals surface area contributed by atoms with Gasteiger partial charge in [0.05, 0.1) is 30.1 Å². The highest BCUT2D eigenvalue weighted by Gasteiger charge is 2.79. The van der Waals surface area contributed by atoms with Crippen LogP contribution < -0.4 is 10.6 Å². The second kappa shape index (κ2) is 7.54. The van der Waals surface area contributed by atoms with Crippen LogP contribution in [0.15, 0.2) is 0 Å². The maximum atomic E-state index is 13.7. The summed E-state index contributed by atoms with van der Waals surface area (Å²) in [4.78, 5) is 41.5. The maximum absolute atomic E-state index is 13.7. The van der Waals surface area contributed by atoms with Gasteiger partial charge in [0.25, 0.3) is 0 Å². The number of nitrogens with one attached hydrogen (secondary N) is 2. The van der Waals surface area contributed by atoms with Crippen molar-refractivity contribution in [1.82, 2.24) is 15.5 Å². The van der Waals surface area contributed by atoms with Gasteiger partial charge in [0.2, 0.25) is 17.7 Å². The Morgan fingerprint density at radius 2 is 1.90 bits per heavy atom. The SMILES string of the molecule is CC[C@]12CCC3(O1)C(C(=O)NC(C)C)N([C@@H](CO)C(C)C)C(=O)[C@@H]3[C@H]2C(=O)NC. The first-order chi connectivity index (χ1) is 13.6. The Kier molecular flexibility index (Phi) is 5.73. The van der Waals surface area contributed by atoms with E-state index in [1.54, 1.807) is 7.05 Å². The molecule has 0 aliphatic carbocycles. The van der Waals surface area contributed by atoms with Crippen molar-refractivity contribution >= 4 is 17.7 Å². The Balaban J connectivity index is 2.15. The molecule has 3 rings (SSSR count). The monoisotopic (exact) mass is 409 g/mol. The van der Waals surface area contributed by atoms with Gasteiger partial charge in [-0.3, -0.25) is 14.4 Å². The second-order valence-corrected chi connectivity index (χ2v) is 9.35. The van der Waals surface area contributed by atoms with Crippen LogP contribution in [-0.4, -0.2) is 70.7 Å². The minimum Gasteiger partial charge on any atom is -0.394 e. The molecule has 3 aliphatic heterocycles. The summed E-state index contributed by atoms with van der Waals surface area (Å²) in [6.07, 6.45) is 1.78. The van der Waals surface area contributed by atoms with Crippen LogP contribution >= 0.6 is 0 Å². The van der Waals surface area contributed by atoms with Gasteiger partial charge >= 0.3 is 0 Å². The Labute approximate surface area is 172 Å². The van der Waals surface area contributed by atoms with Gasteiger partial charge in [0.15, 0.2) is 0 Å². The first kappa shape index (κ1) is 22.0. The number of hydrogen-bond donors (Lipinski definition) is 3. The number of likely N-dealkylation sites (tertiary alicyclic amines) is 1. The van der Waals surface area contributed by atoms with Crippen molar-refractivity contribution in [3.8, 4) is 0 Å². The molecule has 1 spiro atoms. The van der Waals surface area contributed by atoms with Gasteiger partial charge in [-0.15, -0.1) is 0 Å². The lowest BCUT2D eigenvalue weighted by atomic mass is 9.65. The summed E-state index contributed by atoms with van der Waals surface area (Å²) in [5, 5.41) is 15.7. The van der Waals surface area contributed by atoms with Crippen molar-refractivity contribution in [2.75, 3.05) is 13.7 Å². The summed E-state index contributed by atoms with van der Waals surface area (Å²) in [5.74, 6) is -2.16. The summed E-state index contributed by atoms with van der Waals surface area (Å²) < 4.78 is 6.58. The number of amides is 3. The summed E-state index contributed by atoms with van der Waals surface area (Å²) in [6.45, 7) is 9.29. The molecule has 3 heterocycles. The third kappa shape index (κ3) is 2.98. The molecule has 0 aromatic rings. The van der Waals surface area contributed by atoms with Crippen LogP contribution in [0.2, 0.25) is 0 Å². The molecule has 0 radical (unpaired) electrons. The maximum Gasteiger partial charge on any atom is 0.246 e. The van der Waals surface area contributed by atoms with Gasteiger partial charge in [-0.25, -0.2) is 0 Å². The van der Waals surface area contributed by atoms with Gasteiger partial charge in [-0.2, -0.15) is 0 Å². The van der Waals surface area contributed by atoms with E-state index in [-0.39, 0.29) is 36.3 Å². The van der Waals surface area contributed by atoms with Crippen molar-refractivity contribution in [2.45, 2.75) is 83.2 Å². The van der Waals surface area contributed by atoms with Gasteiger partial charge in [0.1, 0.15) is 11.6 Å². The molecular weight excluding hydrogens is 374 g/mol. The number of hydrogen-bond acceptors (Lipinski definition) is 5. The molecule has 0 saturated carbocycles. The normalized spacial score (nSPS) is 36.7. The zero-order chi connectivity index (χ0) is 21.7. The average molecular weight is 410 g/mol. The van der Waals surface area contributed by atoms with E-state index in [2.05, 4.69) is 10.6 Å². The Hall–Kier alpha value is -1.67. The highest BCUT2D eigenvalue weighted by molar-refractivity contribution is 5.99. The molecule has 3 fully saturated rings. The van der Waals surface area contributed by atoms with Crippen LogP contribution in [0.25, 0.3) is 0 Å². The molecule has 0 aromatic heterocycles. The highest BCUT2D eigenvalue weighted by Crippen LogP contribution is 2.64. The predicted octanol–water partition coefficient (Wildman–Crippen LogP) is 0.429. The first-order valence-corrected chi connectivity index (χ1v) is 10.7. The third-order valence-corrected chi connectivity index (χ3v) is 7.14. The Morgan fingerprint density at radius 3 is 2.38 bits per heavy atom. The summed E-state index contributed by atoms with van der Waals surface area (Å²) in [7, 11) is 1.56. The standard InChI is InChI=1S/C21H35N3O5/c1-7-20-8-9-21(29-20)15(14(20)17(26)22-6)19(28)24(13(10-25)11(2)3)16(21)18(27)23-12(4)5/h11-16,25H,7-10H2,1-6H3,(H,22,26)(H,23,27)/t13-,14-,15-,16?,20+,21?/m0/s1. The molecule has 0 aromatic carbocycles. The van der Waals surface area contributed by atoms with E-state index in [4.69, 9.17) is 4.74 Å². The first-order valence-electron chi connectivity index (χ1n) is 10.7. The molecule has 3 amide bonds. The molecule has 3 aliphatic rings. The molecule has 2 bridgehead atoms. The highest BCUT2D eigenvalue weighted by atomic mass is 16.5. The number of aliphatic hydroxyl groups is 1. The smallest absolute Gasteiger partial charge is 0.246 e. The van der Waals surface area contributed by atoms with Crippen molar-refractivity contribution in [3.63, 3.8) is 0 Å². The van der Waals surface area contributed by atoms with Crippen molar-refractivity contribution in [2.24, 2.45) is 17.8 Å². The molecule has 8 nitrogen and oxygen atoms in total. The number of ether oxygens (including phenoxy) is 1. The van der Waals surface area contributed by atoms with Gasteiger partial charge in [-0.05, 0) is 39.0 Å². The van der Waals surface area contributed by atoms with E-state index < -0.39 is 35.1 Å². The van der Waals surface area contributed by atoms with Gasteiger partial charge < -0.3 is 25.4 Å². The Bertz CT molecular complexity index is 696. The second-order valence-electron chi connectivity index (χ2n) is 9.35. The number of carbonyl (C=O) groups excluding carboxylic acids is 3. The fraction of sp³-hybridized carbons (Fsp3) is 0.857. The van der Waals surface area contributed by atoms with Crippen LogP contribution in [0, 0.1) is 17.8 Å². The lowest BCUT2D eigenvalue weighted by molar-refractivity contribution is -0.152. The van der Waals surface area contributed by atoms with Crippen LogP contribution in [0.5, 0.6) is 0 Å². The lowest BCUT2D eigenvalue weighted by Crippen LogP contribution is -2.59. The third-order valence-electron chi connectivity index (χ3n) is 7.14. The predicted molar refractivity (Wildman–Crippen MR) is 107 cm³/mol. The van der Waals surface area contributed by atoms with Crippen LogP contribution in [0.1, 0.15) is 53.9 Å². The lowest BCUT2D eigenvalue weighted by Gasteiger charge is -2.39. The van der Waals surface area contributed by atoms with Crippen LogP contribution in [0.4, 0.5) is 0 Å². The largest absolute Gasteiger partial charge is 0.394 e. The number of rotatable bonds is 7. The fourth-order valence-electron chi connectivity index (χ4n) is 5.85. The number of fused-ring (bicyclic) bond motifs is 1. The minimum absolute atomic E-state index is 0.0516. The molecule has 2 unspecified atom stereocenters. The van der Waals surface area contributed by atoms with Crippen molar-refractivity contribution in [3.05, 3.63) is 0 Å². The number of aliphatic hydroxyl groups excluding tert-OH is 1. The molecule has 3 saturated heterocycles. The van der Waals surface area contributed by atoms with Gasteiger partial charge in [-0.1, -0.05) is 20.8 Å². The molecule has 164 valence electrons. The van der Waals surface area contributed by atoms with Crippen LogP contribution in [0.3, 0.4) is 0 Å². The molecule has 3 N–H and O–H groups in total. The molecule has 6 atom stereocenters. The van der Waals surface area contributed by atoms with E-state index in [1.807, 2.05) is 34.6 Å².